The van der Waals surface area contributed by atoms with Gasteiger partial charge in [0.2, 0.25) is 11.8 Å². The molecular formula is C10H10ClFN2O2. The Kier molecular flexibility index (Phi) is 4.25. The molecule has 0 aromatic heterocycles. The second-order valence-corrected chi connectivity index (χ2v) is 3.55. The van der Waals surface area contributed by atoms with Crippen molar-refractivity contribution in [1.29, 1.82) is 0 Å². The zero-order chi connectivity index (χ0) is 12.1. The summed E-state index contributed by atoms with van der Waals surface area (Å²) in [4.78, 5) is 21.7. The van der Waals surface area contributed by atoms with E-state index < -0.39 is 11.7 Å². The van der Waals surface area contributed by atoms with Crippen molar-refractivity contribution in [3.05, 3.63) is 29.0 Å². The first-order valence-electron chi connectivity index (χ1n) is 4.52. The van der Waals surface area contributed by atoms with E-state index in [0.717, 1.165) is 6.07 Å². The molecule has 1 aromatic carbocycles. The maximum Gasteiger partial charge on any atom is 0.224 e. The van der Waals surface area contributed by atoms with Gasteiger partial charge in [0.1, 0.15) is 5.82 Å². The van der Waals surface area contributed by atoms with Gasteiger partial charge < -0.3 is 11.1 Å². The lowest BCUT2D eigenvalue weighted by Crippen LogP contribution is -2.17. The average Bonchev–Trinajstić information content (AvgIpc) is 2.21. The largest absolute Gasteiger partial charge is 0.370 e. The maximum absolute atomic E-state index is 12.8. The Bertz CT molecular complexity index is 423. The van der Waals surface area contributed by atoms with Gasteiger partial charge in [0.25, 0.3) is 0 Å². The lowest BCUT2D eigenvalue weighted by Gasteiger charge is -2.04. The number of anilines is 1. The standard InChI is InChI=1S/C10H10ClFN2O2/c11-7-5-6(1-2-8(7)12)14-10(16)4-3-9(13)15/h1-2,5H,3-4H2,(H2,13,15)(H,14,16). The Balaban J connectivity index is 2.56. The molecular weight excluding hydrogens is 235 g/mol. The molecule has 6 heteroatoms. The highest BCUT2D eigenvalue weighted by atomic mass is 35.5. The van der Waals surface area contributed by atoms with Crippen molar-refractivity contribution in [3.63, 3.8) is 0 Å². The van der Waals surface area contributed by atoms with E-state index in [9.17, 15) is 14.0 Å². The van der Waals surface area contributed by atoms with Crippen LogP contribution in [0.25, 0.3) is 0 Å². The lowest BCUT2D eigenvalue weighted by molar-refractivity contribution is -0.122. The molecule has 0 saturated heterocycles. The van der Waals surface area contributed by atoms with Gasteiger partial charge in [-0.1, -0.05) is 11.6 Å². The molecule has 1 rings (SSSR count). The summed E-state index contributed by atoms with van der Waals surface area (Å²) in [5.41, 5.74) is 5.26. The predicted molar refractivity (Wildman–Crippen MR) is 58.5 cm³/mol. The van der Waals surface area contributed by atoms with E-state index in [1.165, 1.54) is 12.1 Å². The second-order valence-electron chi connectivity index (χ2n) is 3.14. The molecule has 0 aliphatic carbocycles. The van der Waals surface area contributed by atoms with Crippen LogP contribution in [-0.4, -0.2) is 11.8 Å². The Morgan fingerprint density at radius 2 is 2.06 bits per heavy atom. The van der Waals surface area contributed by atoms with Crippen LogP contribution in [0.3, 0.4) is 0 Å². The van der Waals surface area contributed by atoms with Crippen molar-refractivity contribution in [3.8, 4) is 0 Å². The van der Waals surface area contributed by atoms with E-state index in [2.05, 4.69) is 5.32 Å². The topological polar surface area (TPSA) is 72.2 Å². The number of primary amides is 1. The van der Waals surface area contributed by atoms with Crippen LogP contribution < -0.4 is 11.1 Å². The van der Waals surface area contributed by atoms with E-state index in [0.29, 0.717) is 5.69 Å². The van der Waals surface area contributed by atoms with Crippen molar-refractivity contribution in [2.75, 3.05) is 5.32 Å². The van der Waals surface area contributed by atoms with E-state index in [4.69, 9.17) is 17.3 Å². The van der Waals surface area contributed by atoms with Gasteiger partial charge in [0.05, 0.1) is 5.02 Å². The van der Waals surface area contributed by atoms with Crippen LogP contribution in [0.2, 0.25) is 5.02 Å². The molecule has 0 fully saturated rings. The van der Waals surface area contributed by atoms with Crippen LogP contribution in [-0.2, 0) is 9.59 Å². The minimum atomic E-state index is -0.559. The van der Waals surface area contributed by atoms with Crippen LogP contribution in [0.4, 0.5) is 10.1 Å². The number of nitrogens with one attached hydrogen (secondary N) is 1. The molecule has 4 nitrogen and oxygen atoms in total. The minimum absolute atomic E-state index is 0.00959. The number of hydrogen-bond acceptors (Lipinski definition) is 2. The number of nitrogens with two attached hydrogens (primary N) is 1. The van der Waals surface area contributed by atoms with Crippen molar-refractivity contribution in [2.24, 2.45) is 5.73 Å². The Morgan fingerprint density at radius 3 is 2.62 bits per heavy atom. The zero-order valence-corrected chi connectivity index (χ0v) is 9.05. The summed E-state index contributed by atoms with van der Waals surface area (Å²) in [6.07, 6.45) is -0.0366. The fourth-order valence-corrected chi connectivity index (χ4v) is 1.21. The highest BCUT2D eigenvalue weighted by Gasteiger charge is 2.06. The zero-order valence-electron chi connectivity index (χ0n) is 8.30. The fraction of sp³-hybridized carbons (Fsp3) is 0.200. The van der Waals surface area contributed by atoms with Crippen LogP contribution in [0.1, 0.15) is 12.8 Å². The number of amides is 2. The van der Waals surface area contributed by atoms with Gasteiger partial charge in [0, 0.05) is 18.5 Å². The van der Waals surface area contributed by atoms with Gasteiger partial charge in [-0.05, 0) is 18.2 Å². The molecule has 86 valence electrons. The van der Waals surface area contributed by atoms with Crippen LogP contribution in [0.15, 0.2) is 18.2 Å². The van der Waals surface area contributed by atoms with E-state index >= 15 is 0 Å². The monoisotopic (exact) mass is 244 g/mol. The summed E-state index contributed by atoms with van der Waals surface area (Å²) >= 11 is 5.52. The first kappa shape index (κ1) is 12.4. The third-order valence-electron chi connectivity index (χ3n) is 1.80. The van der Waals surface area contributed by atoms with E-state index in [1.807, 2.05) is 0 Å². The first-order valence-corrected chi connectivity index (χ1v) is 4.90. The molecule has 0 bridgehead atoms. The number of carbonyl (C=O) groups excluding carboxylic acids is 2. The van der Waals surface area contributed by atoms with Crippen molar-refractivity contribution in [1.82, 2.24) is 0 Å². The summed E-state index contributed by atoms with van der Waals surface area (Å²) in [5.74, 6) is -1.48. The molecule has 0 saturated carbocycles. The van der Waals surface area contributed by atoms with Gasteiger partial charge in [-0.15, -0.1) is 0 Å². The number of hydrogen-bond donors (Lipinski definition) is 2. The van der Waals surface area contributed by atoms with Crippen molar-refractivity contribution < 1.29 is 14.0 Å². The minimum Gasteiger partial charge on any atom is -0.370 e. The molecule has 0 atom stereocenters. The van der Waals surface area contributed by atoms with Gasteiger partial charge in [-0.3, -0.25) is 9.59 Å². The van der Waals surface area contributed by atoms with Crippen molar-refractivity contribution >= 4 is 29.1 Å². The van der Waals surface area contributed by atoms with E-state index in [-0.39, 0.29) is 23.8 Å². The van der Waals surface area contributed by atoms with Crippen LogP contribution >= 0.6 is 11.6 Å². The Hall–Kier alpha value is -1.62. The van der Waals surface area contributed by atoms with Crippen LogP contribution in [0.5, 0.6) is 0 Å². The summed E-state index contributed by atoms with van der Waals surface area (Å²) in [7, 11) is 0. The average molecular weight is 245 g/mol. The SMILES string of the molecule is NC(=O)CCC(=O)Nc1ccc(F)c(Cl)c1. The van der Waals surface area contributed by atoms with E-state index in [1.54, 1.807) is 0 Å². The third-order valence-corrected chi connectivity index (χ3v) is 2.09. The predicted octanol–water partition coefficient (Wildman–Crippen LogP) is 1.68. The third kappa shape index (κ3) is 3.86. The molecule has 2 amide bonds. The summed E-state index contributed by atoms with van der Waals surface area (Å²) in [5, 5.41) is 2.39. The quantitative estimate of drug-likeness (QED) is 0.846. The first-order chi connectivity index (χ1) is 7.49. The van der Waals surface area contributed by atoms with Gasteiger partial charge in [-0.25, -0.2) is 4.39 Å². The molecule has 0 unspecified atom stereocenters. The molecule has 0 aliphatic heterocycles. The number of halogens is 2. The normalized spacial score (nSPS) is 9.88. The Morgan fingerprint density at radius 1 is 1.38 bits per heavy atom. The Labute approximate surface area is 96.6 Å². The highest BCUT2D eigenvalue weighted by molar-refractivity contribution is 6.31. The molecule has 3 N–H and O–H groups in total. The smallest absolute Gasteiger partial charge is 0.224 e. The molecule has 16 heavy (non-hydrogen) atoms. The molecule has 0 radical (unpaired) electrons. The number of rotatable bonds is 4. The summed E-state index contributed by atoms with van der Waals surface area (Å²) in [6.45, 7) is 0. The fourth-order valence-electron chi connectivity index (χ4n) is 1.03. The van der Waals surface area contributed by atoms with Crippen LogP contribution in [0, 0.1) is 5.82 Å². The summed E-state index contributed by atoms with van der Waals surface area (Å²) in [6, 6.07) is 3.81. The van der Waals surface area contributed by atoms with Gasteiger partial charge >= 0.3 is 0 Å². The number of benzene rings is 1. The highest BCUT2D eigenvalue weighted by Crippen LogP contribution is 2.19. The summed E-state index contributed by atoms with van der Waals surface area (Å²) < 4.78 is 12.8. The lowest BCUT2D eigenvalue weighted by atomic mass is 10.2. The second kappa shape index (κ2) is 5.46. The molecule has 0 aliphatic rings. The van der Waals surface area contributed by atoms with Crippen molar-refractivity contribution in [2.45, 2.75) is 12.8 Å². The van der Waals surface area contributed by atoms with Gasteiger partial charge in [-0.2, -0.15) is 0 Å². The maximum atomic E-state index is 12.8. The molecule has 0 heterocycles. The number of carbonyl (C=O) groups is 2. The van der Waals surface area contributed by atoms with Gasteiger partial charge in [0.15, 0.2) is 0 Å². The molecule has 1 aromatic rings. The molecule has 0 spiro atoms.